The lowest BCUT2D eigenvalue weighted by molar-refractivity contribution is 0.119. The molecule has 0 N–H and O–H groups in total. The van der Waals surface area contributed by atoms with Gasteiger partial charge in [0, 0.05) is 17.3 Å². The van der Waals surface area contributed by atoms with Crippen LogP contribution in [0.15, 0.2) is 22.8 Å². The minimum atomic E-state index is 0.612. The van der Waals surface area contributed by atoms with Crippen molar-refractivity contribution in [2.45, 2.75) is 20.0 Å². The Balaban J connectivity index is 2.37. The lowest BCUT2D eigenvalue weighted by Crippen LogP contribution is -1.95. The van der Waals surface area contributed by atoms with E-state index < -0.39 is 0 Å². The topological polar surface area (TPSA) is 22.1 Å². The van der Waals surface area contributed by atoms with Gasteiger partial charge in [0.05, 0.1) is 12.3 Å². The van der Waals surface area contributed by atoms with Gasteiger partial charge >= 0.3 is 0 Å². The Bertz CT molecular complexity index is 222. The molecule has 0 aliphatic rings. The molecule has 0 saturated carbocycles. The predicted octanol–water partition coefficient (Wildman–Crippen LogP) is 2.77. The van der Waals surface area contributed by atoms with Gasteiger partial charge in [-0.15, -0.1) is 0 Å². The summed E-state index contributed by atoms with van der Waals surface area (Å²) in [6, 6.07) is 3.93. The van der Waals surface area contributed by atoms with E-state index in [0.717, 1.165) is 23.2 Å². The standard InChI is InChI=1S/C9H12BrNO/c1-2-5-12-7-9-4-3-8(10)6-11-9/h3-4,6H,2,5,7H2,1H3. The van der Waals surface area contributed by atoms with Crippen molar-refractivity contribution in [2.75, 3.05) is 6.61 Å². The summed E-state index contributed by atoms with van der Waals surface area (Å²) in [7, 11) is 0. The van der Waals surface area contributed by atoms with Gasteiger partial charge in [-0.05, 0) is 34.5 Å². The zero-order valence-electron chi connectivity index (χ0n) is 7.09. The van der Waals surface area contributed by atoms with E-state index >= 15 is 0 Å². The van der Waals surface area contributed by atoms with E-state index in [9.17, 15) is 0 Å². The third-order valence-corrected chi connectivity index (χ3v) is 1.86. The highest BCUT2D eigenvalue weighted by atomic mass is 79.9. The molecule has 2 nitrogen and oxygen atoms in total. The van der Waals surface area contributed by atoms with Crippen molar-refractivity contribution in [2.24, 2.45) is 0 Å². The van der Waals surface area contributed by atoms with Crippen molar-refractivity contribution >= 4 is 15.9 Å². The molecule has 1 rings (SSSR count). The van der Waals surface area contributed by atoms with Crippen molar-refractivity contribution in [3.05, 3.63) is 28.5 Å². The molecule has 1 aromatic rings. The molecule has 66 valence electrons. The molecule has 0 radical (unpaired) electrons. The molecular formula is C9H12BrNO. The summed E-state index contributed by atoms with van der Waals surface area (Å²) in [5, 5.41) is 0. The molecule has 0 aliphatic heterocycles. The second-order valence-electron chi connectivity index (χ2n) is 2.52. The van der Waals surface area contributed by atoms with Crippen LogP contribution in [0, 0.1) is 0 Å². The Kier molecular flexibility index (Phi) is 4.25. The van der Waals surface area contributed by atoms with Crippen LogP contribution in [0.5, 0.6) is 0 Å². The van der Waals surface area contributed by atoms with Crippen LogP contribution in [0.3, 0.4) is 0 Å². The fraction of sp³-hybridized carbons (Fsp3) is 0.444. The van der Waals surface area contributed by atoms with Gasteiger partial charge in [-0.2, -0.15) is 0 Å². The van der Waals surface area contributed by atoms with Crippen molar-refractivity contribution < 1.29 is 4.74 Å². The van der Waals surface area contributed by atoms with E-state index in [1.54, 1.807) is 6.20 Å². The maximum Gasteiger partial charge on any atom is 0.0887 e. The fourth-order valence-electron chi connectivity index (χ4n) is 0.813. The molecule has 3 heteroatoms. The van der Waals surface area contributed by atoms with Crippen molar-refractivity contribution in [3.63, 3.8) is 0 Å². The molecule has 0 atom stereocenters. The molecular weight excluding hydrogens is 218 g/mol. The number of pyridine rings is 1. The molecule has 1 heterocycles. The van der Waals surface area contributed by atoms with E-state index in [1.165, 1.54) is 0 Å². The summed E-state index contributed by atoms with van der Waals surface area (Å²) in [6.07, 6.45) is 2.83. The van der Waals surface area contributed by atoms with Crippen LogP contribution < -0.4 is 0 Å². The number of rotatable bonds is 4. The minimum Gasteiger partial charge on any atom is -0.375 e. The number of nitrogens with zero attached hydrogens (tertiary/aromatic N) is 1. The van der Waals surface area contributed by atoms with Gasteiger partial charge in [0.2, 0.25) is 0 Å². The molecule has 12 heavy (non-hydrogen) atoms. The van der Waals surface area contributed by atoms with Gasteiger partial charge in [0.25, 0.3) is 0 Å². The number of hydrogen-bond donors (Lipinski definition) is 0. The zero-order chi connectivity index (χ0) is 8.81. The normalized spacial score (nSPS) is 10.2. The summed E-state index contributed by atoms with van der Waals surface area (Å²) in [5.74, 6) is 0. The number of halogens is 1. The molecule has 0 unspecified atom stereocenters. The first-order chi connectivity index (χ1) is 5.83. The van der Waals surface area contributed by atoms with Crippen molar-refractivity contribution in [1.29, 1.82) is 0 Å². The Hall–Kier alpha value is -0.410. The molecule has 0 amide bonds. The van der Waals surface area contributed by atoms with Crippen molar-refractivity contribution in [3.8, 4) is 0 Å². The van der Waals surface area contributed by atoms with Gasteiger partial charge in [0.1, 0.15) is 0 Å². The van der Waals surface area contributed by atoms with E-state index in [1.807, 2.05) is 12.1 Å². The molecule has 0 aliphatic carbocycles. The van der Waals surface area contributed by atoms with Crippen LogP contribution in [-0.4, -0.2) is 11.6 Å². The summed E-state index contributed by atoms with van der Waals surface area (Å²) in [5.41, 5.74) is 0.978. The van der Waals surface area contributed by atoms with Crippen LogP contribution in [-0.2, 0) is 11.3 Å². The lowest BCUT2D eigenvalue weighted by Gasteiger charge is -2.00. The Morgan fingerprint density at radius 3 is 2.92 bits per heavy atom. The van der Waals surface area contributed by atoms with E-state index in [-0.39, 0.29) is 0 Å². The predicted molar refractivity (Wildman–Crippen MR) is 51.9 cm³/mol. The lowest BCUT2D eigenvalue weighted by atomic mass is 10.4. The van der Waals surface area contributed by atoms with Crippen LogP contribution in [0.4, 0.5) is 0 Å². The van der Waals surface area contributed by atoms with Crippen LogP contribution >= 0.6 is 15.9 Å². The van der Waals surface area contributed by atoms with E-state index in [0.29, 0.717) is 6.61 Å². The second-order valence-corrected chi connectivity index (χ2v) is 3.44. The molecule has 0 spiro atoms. The van der Waals surface area contributed by atoms with Crippen LogP contribution in [0.1, 0.15) is 19.0 Å². The third-order valence-electron chi connectivity index (χ3n) is 1.39. The maximum atomic E-state index is 5.33. The monoisotopic (exact) mass is 229 g/mol. The first-order valence-electron chi connectivity index (χ1n) is 4.01. The Labute approximate surface area is 81.1 Å². The molecule has 0 aromatic carbocycles. The maximum absolute atomic E-state index is 5.33. The Morgan fingerprint density at radius 2 is 2.33 bits per heavy atom. The number of ether oxygens (including phenoxy) is 1. The highest BCUT2D eigenvalue weighted by Gasteiger charge is 1.93. The third kappa shape index (κ3) is 3.32. The van der Waals surface area contributed by atoms with E-state index in [2.05, 4.69) is 27.8 Å². The minimum absolute atomic E-state index is 0.612. The smallest absolute Gasteiger partial charge is 0.0887 e. The van der Waals surface area contributed by atoms with Gasteiger partial charge in [-0.25, -0.2) is 0 Å². The molecule has 1 aromatic heterocycles. The first-order valence-corrected chi connectivity index (χ1v) is 4.80. The van der Waals surface area contributed by atoms with Crippen molar-refractivity contribution in [1.82, 2.24) is 4.98 Å². The average molecular weight is 230 g/mol. The van der Waals surface area contributed by atoms with Gasteiger partial charge in [0.15, 0.2) is 0 Å². The number of aromatic nitrogens is 1. The quantitative estimate of drug-likeness (QED) is 0.742. The van der Waals surface area contributed by atoms with Crippen LogP contribution in [0.2, 0.25) is 0 Å². The SMILES string of the molecule is CCCOCc1ccc(Br)cn1. The molecule has 0 saturated heterocycles. The van der Waals surface area contributed by atoms with E-state index in [4.69, 9.17) is 4.74 Å². The summed E-state index contributed by atoms with van der Waals surface area (Å²) in [6.45, 7) is 3.51. The summed E-state index contributed by atoms with van der Waals surface area (Å²) < 4.78 is 6.33. The highest BCUT2D eigenvalue weighted by Crippen LogP contribution is 2.07. The summed E-state index contributed by atoms with van der Waals surface area (Å²) >= 11 is 3.32. The Morgan fingerprint density at radius 1 is 1.50 bits per heavy atom. The largest absolute Gasteiger partial charge is 0.375 e. The van der Waals surface area contributed by atoms with Gasteiger partial charge < -0.3 is 4.74 Å². The fourth-order valence-corrected chi connectivity index (χ4v) is 1.05. The van der Waals surface area contributed by atoms with Crippen LogP contribution in [0.25, 0.3) is 0 Å². The zero-order valence-corrected chi connectivity index (χ0v) is 8.67. The molecule has 0 bridgehead atoms. The van der Waals surface area contributed by atoms with Gasteiger partial charge in [-0.1, -0.05) is 6.92 Å². The average Bonchev–Trinajstić information content (AvgIpc) is 2.09. The second kappa shape index (κ2) is 5.27. The highest BCUT2D eigenvalue weighted by molar-refractivity contribution is 9.10. The summed E-state index contributed by atoms with van der Waals surface area (Å²) in [4.78, 5) is 4.18. The first kappa shape index (κ1) is 9.68. The molecule has 0 fully saturated rings. The van der Waals surface area contributed by atoms with Gasteiger partial charge in [-0.3, -0.25) is 4.98 Å². The number of hydrogen-bond acceptors (Lipinski definition) is 2.